The number of aryl methyl sites for hydroxylation is 1. The lowest BCUT2D eigenvalue weighted by molar-refractivity contribution is 0.608. The third-order valence-electron chi connectivity index (χ3n) is 2.26. The standard InChI is InChI=1S/C11H16ClN/c1-8-6-10(4-5-11(8)12)7-9(2)13-3/h4-6,9,13H,7H2,1-3H3. The molecule has 0 amide bonds. The van der Waals surface area contributed by atoms with Crippen LogP contribution in [-0.2, 0) is 6.42 Å². The molecule has 0 aliphatic rings. The number of hydrogen-bond acceptors (Lipinski definition) is 1. The van der Waals surface area contributed by atoms with Crippen molar-refractivity contribution < 1.29 is 0 Å². The molecule has 0 radical (unpaired) electrons. The van der Waals surface area contributed by atoms with Crippen molar-refractivity contribution in [2.45, 2.75) is 26.3 Å². The van der Waals surface area contributed by atoms with Crippen LogP contribution in [0.4, 0.5) is 0 Å². The van der Waals surface area contributed by atoms with Crippen LogP contribution in [-0.4, -0.2) is 13.1 Å². The van der Waals surface area contributed by atoms with E-state index in [1.54, 1.807) is 0 Å². The smallest absolute Gasteiger partial charge is 0.0435 e. The van der Waals surface area contributed by atoms with Gasteiger partial charge in [0.2, 0.25) is 0 Å². The fourth-order valence-corrected chi connectivity index (χ4v) is 1.41. The van der Waals surface area contributed by atoms with Gasteiger partial charge in [-0.1, -0.05) is 23.7 Å². The molecule has 0 aliphatic heterocycles. The molecule has 1 rings (SSSR count). The predicted molar refractivity (Wildman–Crippen MR) is 58.4 cm³/mol. The molecule has 0 aromatic heterocycles. The van der Waals surface area contributed by atoms with Crippen LogP contribution in [0.2, 0.25) is 5.02 Å². The summed E-state index contributed by atoms with van der Waals surface area (Å²) in [5, 5.41) is 4.06. The van der Waals surface area contributed by atoms with Crippen molar-refractivity contribution in [3.63, 3.8) is 0 Å². The minimum absolute atomic E-state index is 0.514. The Balaban J connectivity index is 2.73. The van der Waals surface area contributed by atoms with Gasteiger partial charge in [-0.2, -0.15) is 0 Å². The Labute approximate surface area is 85.1 Å². The van der Waals surface area contributed by atoms with E-state index in [0.29, 0.717) is 6.04 Å². The van der Waals surface area contributed by atoms with Crippen LogP contribution in [0.3, 0.4) is 0 Å². The SMILES string of the molecule is CNC(C)Cc1ccc(Cl)c(C)c1. The summed E-state index contributed by atoms with van der Waals surface area (Å²) in [7, 11) is 1.98. The summed E-state index contributed by atoms with van der Waals surface area (Å²) in [5.41, 5.74) is 2.49. The van der Waals surface area contributed by atoms with Crippen LogP contribution in [0.1, 0.15) is 18.1 Å². The van der Waals surface area contributed by atoms with Crippen LogP contribution in [0.5, 0.6) is 0 Å². The molecule has 72 valence electrons. The summed E-state index contributed by atoms with van der Waals surface area (Å²) >= 11 is 5.94. The highest BCUT2D eigenvalue weighted by Gasteiger charge is 2.01. The average Bonchev–Trinajstić information content (AvgIpc) is 2.11. The minimum atomic E-state index is 0.514. The molecule has 0 saturated carbocycles. The molecule has 0 aliphatic carbocycles. The first kappa shape index (κ1) is 10.6. The van der Waals surface area contributed by atoms with Gasteiger partial charge >= 0.3 is 0 Å². The summed E-state index contributed by atoms with van der Waals surface area (Å²) in [6.45, 7) is 4.21. The molecule has 1 aromatic carbocycles. The van der Waals surface area contributed by atoms with Gasteiger partial charge in [0.1, 0.15) is 0 Å². The summed E-state index contributed by atoms with van der Waals surface area (Å²) in [4.78, 5) is 0. The first-order valence-electron chi connectivity index (χ1n) is 4.55. The fraction of sp³-hybridized carbons (Fsp3) is 0.455. The minimum Gasteiger partial charge on any atom is -0.317 e. The van der Waals surface area contributed by atoms with E-state index in [9.17, 15) is 0 Å². The Kier molecular flexibility index (Phi) is 3.76. The molecule has 0 heterocycles. The number of likely N-dealkylation sites (N-methyl/N-ethyl adjacent to an activating group) is 1. The second-order valence-corrected chi connectivity index (χ2v) is 3.88. The van der Waals surface area contributed by atoms with Gasteiger partial charge < -0.3 is 5.32 Å². The topological polar surface area (TPSA) is 12.0 Å². The Hall–Kier alpha value is -0.530. The van der Waals surface area contributed by atoms with Crippen LogP contribution in [0, 0.1) is 6.92 Å². The maximum absolute atomic E-state index is 5.94. The van der Waals surface area contributed by atoms with E-state index in [-0.39, 0.29) is 0 Å². The second-order valence-electron chi connectivity index (χ2n) is 3.48. The number of halogens is 1. The van der Waals surface area contributed by atoms with E-state index in [1.807, 2.05) is 20.0 Å². The lowest BCUT2D eigenvalue weighted by atomic mass is 10.1. The molecule has 1 N–H and O–H groups in total. The monoisotopic (exact) mass is 197 g/mol. The molecular formula is C11H16ClN. The second kappa shape index (κ2) is 4.64. The zero-order valence-electron chi connectivity index (χ0n) is 8.39. The average molecular weight is 198 g/mol. The van der Waals surface area contributed by atoms with Crippen LogP contribution < -0.4 is 5.32 Å². The molecule has 13 heavy (non-hydrogen) atoms. The Morgan fingerprint density at radius 3 is 2.69 bits per heavy atom. The Morgan fingerprint density at radius 2 is 2.15 bits per heavy atom. The highest BCUT2D eigenvalue weighted by molar-refractivity contribution is 6.31. The largest absolute Gasteiger partial charge is 0.317 e. The maximum Gasteiger partial charge on any atom is 0.0435 e. The summed E-state index contributed by atoms with van der Waals surface area (Å²) in [5.74, 6) is 0. The normalized spacial score (nSPS) is 12.9. The van der Waals surface area contributed by atoms with E-state index < -0.39 is 0 Å². The highest BCUT2D eigenvalue weighted by Crippen LogP contribution is 2.17. The Bertz CT molecular complexity index is 283. The van der Waals surface area contributed by atoms with Crippen molar-refractivity contribution in [1.29, 1.82) is 0 Å². The third kappa shape index (κ3) is 3.02. The van der Waals surface area contributed by atoms with Gasteiger partial charge in [-0.15, -0.1) is 0 Å². The maximum atomic E-state index is 5.94. The molecular weight excluding hydrogens is 182 g/mol. The highest BCUT2D eigenvalue weighted by atomic mass is 35.5. The number of hydrogen-bond donors (Lipinski definition) is 1. The molecule has 0 spiro atoms. The number of benzene rings is 1. The van der Waals surface area contributed by atoms with Crippen molar-refractivity contribution in [2.24, 2.45) is 0 Å². The molecule has 1 aromatic rings. The Morgan fingerprint density at radius 1 is 1.46 bits per heavy atom. The first-order chi connectivity index (χ1) is 6.13. The summed E-state index contributed by atoms with van der Waals surface area (Å²) < 4.78 is 0. The van der Waals surface area contributed by atoms with Crippen molar-refractivity contribution in [2.75, 3.05) is 7.05 Å². The van der Waals surface area contributed by atoms with Crippen molar-refractivity contribution in [3.8, 4) is 0 Å². The van der Waals surface area contributed by atoms with Gasteiger partial charge in [0.15, 0.2) is 0 Å². The van der Waals surface area contributed by atoms with E-state index in [2.05, 4.69) is 24.4 Å². The van der Waals surface area contributed by atoms with Gasteiger partial charge in [-0.25, -0.2) is 0 Å². The van der Waals surface area contributed by atoms with Crippen LogP contribution in [0.25, 0.3) is 0 Å². The van der Waals surface area contributed by atoms with E-state index in [0.717, 1.165) is 17.0 Å². The van der Waals surface area contributed by atoms with Crippen molar-refractivity contribution in [3.05, 3.63) is 34.3 Å². The summed E-state index contributed by atoms with van der Waals surface area (Å²) in [6.07, 6.45) is 1.05. The molecule has 0 bridgehead atoms. The van der Waals surface area contributed by atoms with Crippen molar-refractivity contribution >= 4 is 11.6 Å². The quantitative estimate of drug-likeness (QED) is 0.786. The van der Waals surface area contributed by atoms with Gasteiger partial charge in [0.05, 0.1) is 0 Å². The molecule has 1 unspecified atom stereocenters. The van der Waals surface area contributed by atoms with Crippen LogP contribution in [0.15, 0.2) is 18.2 Å². The van der Waals surface area contributed by atoms with Gasteiger partial charge in [-0.3, -0.25) is 0 Å². The van der Waals surface area contributed by atoms with Gasteiger partial charge in [0, 0.05) is 11.1 Å². The molecule has 1 atom stereocenters. The summed E-state index contributed by atoms with van der Waals surface area (Å²) in [6, 6.07) is 6.72. The third-order valence-corrected chi connectivity index (χ3v) is 2.68. The molecule has 0 saturated heterocycles. The molecule has 2 heteroatoms. The zero-order valence-corrected chi connectivity index (χ0v) is 9.15. The number of rotatable bonds is 3. The van der Waals surface area contributed by atoms with E-state index in [4.69, 9.17) is 11.6 Å². The molecule has 1 nitrogen and oxygen atoms in total. The van der Waals surface area contributed by atoms with Crippen molar-refractivity contribution in [1.82, 2.24) is 5.32 Å². The predicted octanol–water partition coefficient (Wildman–Crippen LogP) is 2.80. The lowest BCUT2D eigenvalue weighted by Crippen LogP contribution is -2.23. The van der Waals surface area contributed by atoms with E-state index >= 15 is 0 Å². The van der Waals surface area contributed by atoms with Crippen LogP contribution >= 0.6 is 11.6 Å². The zero-order chi connectivity index (χ0) is 9.84. The van der Waals surface area contributed by atoms with Gasteiger partial charge in [-0.05, 0) is 44.5 Å². The van der Waals surface area contributed by atoms with Gasteiger partial charge in [0.25, 0.3) is 0 Å². The lowest BCUT2D eigenvalue weighted by Gasteiger charge is -2.10. The fourth-order valence-electron chi connectivity index (χ4n) is 1.29. The molecule has 0 fully saturated rings. The first-order valence-corrected chi connectivity index (χ1v) is 4.93. The van der Waals surface area contributed by atoms with E-state index in [1.165, 1.54) is 5.56 Å². The number of nitrogens with one attached hydrogen (secondary N) is 1.